The normalized spacial score (nSPS) is 22.5. The SMILES string of the molecule is CC(C)C1COC(c2ccc3cc(C4=NC(C(C)C)CO4)ccc3c2)=N1. The second-order valence-corrected chi connectivity index (χ2v) is 7.89. The van der Waals surface area contributed by atoms with Gasteiger partial charge < -0.3 is 9.47 Å². The Bertz CT molecular complexity index is 810. The fourth-order valence-corrected chi connectivity index (χ4v) is 3.29. The number of rotatable bonds is 4. The van der Waals surface area contributed by atoms with E-state index >= 15 is 0 Å². The molecule has 0 radical (unpaired) electrons. The molecular formula is C22H26N2O2. The molecular weight excluding hydrogens is 324 g/mol. The molecule has 0 saturated carbocycles. The molecule has 2 aliphatic rings. The largest absolute Gasteiger partial charge is 0.475 e. The van der Waals surface area contributed by atoms with Crippen molar-refractivity contribution in [2.75, 3.05) is 13.2 Å². The van der Waals surface area contributed by atoms with E-state index in [0.717, 1.165) is 22.9 Å². The minimum absolute atomic E-state index is 0.259. The van der Waals surface area contributed by atoms with Crippen molar-refractivity contribution in [2.24, 2.45) is 21.8 Å². The number of hydrogen-bond donors (Lipinski definition) is 0. The summed E-state index contributed by atoms with van der Waals surface area (Å²) in [5.41, 5.74) is 2.09. The number of ether oxygens (including phenoxy) is 2. The second-order valence-electron chi connectivity index (χ2n) is 7.89. The van der Waals surface area contributed by atoms with Gasteiger partial charge in [-0.15, -0.1) is 0 Å². The fraction of sp³-hybridized carbons (Fsp3) is 0.455. The van der Waals surface area contributed by atoms with Gasteiger partial charge in [-0.1, -0.05) is 39.8 Å². The lowest BCUT2D eigenvalue weighted by molar-refractivity contribution is 0.291. The van der Waals surface area contributed by atoms with Crippen LogP contribution in [0.3, 0.4) is 0 Å². The van der Waals surface area contributed by atoms with Crippen molar-refractivity contribution >= 4 is 22.6 Å². The molecule has 2 atom stereocenters. The van der Waals surface area contributed by atoms with Gasteiger partial charge in [-0.25, -0.2) is 9.98 Å². The molecule has 2 aliphatic heterocycles. The van der Waals surface area contributed by atoms with Crippen LogP contribution in [0.4, 0.5) is 0 Å². The van der Waals surface area contributed by atoms with Gasteiger partial charge in [0.2, 0.25) is 11.8 Å². The molecule has 0 aromatic heterocycles. The Hall–Kier alpha value is -2.36. The van der Waals surface area contributed by atoms with Crippen LogP contribution in [0, 0.1) is 11.8 Å². The van der Waals surface area contributed by atoms with Crippen LogP contribution >= 0.6 is 0 Å². The second kappa shape index (κ2) is 6.75. The number of hydrogen-bond acceptors (Lipinski definition) is 4. The minimum atomic E-state index is 0.259. The first-order valence-corrected chi connectivity index (χ1v) is 9.47. The average Bonchev–Trinajstić information content (AvgIpc) is 3.30. The van der Waals surface area contributed by atoms with Crippen LogP contribution < -0.4 is 0 Å². The lowest BCUT2D eigenvalue weighted by Crippen LogP contribution is -2.13. The van der Waals surface area contributed by atoms with Gasteiger partial charge in [-0.2, -0.15) is 0 Å². The van der Waals surface area contributed by atoms with Crippen molar-refractivity contribution in [3.8, 4) is 0 Å². The topological polar surface area (TPSA) is 43.2 Å². The molecule has 0 N–H and O–H groups in total. The highest BCUT2D eigenvalue weighted by Crippen LogP contribution is 2.24. The van der Waals surface area contributed by atoms with Gasteiger partial charge in [-0.3, -0.25) is 0 Å². The monoisotopic (exact) mass is 350 g/mol. The highest BCUT2D eigenvalue weighted by atomic mass is 16.5. The predicted octanol–water partition coefficient (Wildman–Crippen LogP) is 4.44. The zero-order chi connectivity index (χ0) is 18.3. The highest BCUT2D eigenvalue weighted by molar-refractivity contribution is 6.02. The quantitative estimate of drug-likeness (QED) is 0.818. The number of nitrogens with zero attached hydrogens (tertiary/aromatic N) is 2. The minimum Gasteiger partial charge on any atom is -0.475 e. The Morgan fingerprint density at radius 2 is 1.15 bits per heavy atom. The first kappa shape index (κ1) is 17.1. The number of benzene rings is 2. The maximum atomic E-state index is 5.81. The van der Waals surface area contributed by atoms with Crippen LogP contribution in [0.25, 0.3) is 10.8 Å². The Morgan fingerprint density at radius 3 is 1.50 bits per heavy atom. The van der Waals surface area contributed by atoms with Crippen molar-refractivity contribution < 1.29 is 9.47 Å². The third kappa shape index (κ3) is 3.20. The summed E-state index contributed by atoms with van der Waals surface area (Å²) in [6.07, 6.45) is 0. The molecule has 4 rings (SSSR count). The first-order valence-electron chi connectivity index (χ1n) is 9.47. The lowest BCUT2D eigenvalue weighted by Gasteiger charge is -2.07. The third-order valence-corrected chi connectivity index (χ3v) is 5.22. The molecule has 4 nitrogen and oxygen atoms in total. The molecule has 2 heterocycles. The smallest absolute Gasteiger partial charge is 0.216 e. The van der Waals surface area contributed by atoms with Gasteiger partial charge in [0.25, 0.3) is 0 Å². The van der Waals surface area contributed by atoms with Gasteiger partial charge in [0, 0.05) is 11.1 Å². The molecule has 0 aliphatic carbocycles. The van der Waals surface area contributed by atoms with E-state index in [1.165, 1.54) is 10.8 Å². The highest BCUT2D eigenvalue weighted by Gasteiger charge is 2.24. The summed E-state index contributed by atoms with van der Waals surface area (Å²) in [6.45, 7) is 10.1. The molecule has 4 heteroatoms. The molecule has 0 amide bonds. The van der Waals surface area contributed by atoms with E-state index in [9.17, 15) is 0 Å². The average molecular weight is 350 g/mol. The van der Waals surface area contributed by atoms with Gasteiger partial charge in [0.1, 0.15) is 13.2 Å². The zero-order valence-corrected chi connectivity index (χ0v) is 15.9. The Morgan fingerprint density at radius 1 is 0.731 bits per heavy atom. The molecule has 2 aromatic carbocycles. The zero-order valence-electron chi connectivity index (χ0n) is 15.9. The van der Waals surface area contributed by atoms with E-state index < -0.39 is 0 Å². The standard InChI is InChI=1S/C22H26N2O2/c1-13(2)19-11-25-21(23-19)17-7-5-16-10-18(8-6-15(16)9-17)22-24-20(12-26-22)14(3)4/h5-10,13-14,19-20H,11-12H2,1-4H3. The van der Waals surface area contributed by atoms with E-state index in [4.69, 9.17) is 19.5 Å². The van der Waals surface area contributed by atoms with Crippen LogP contribution in [-0.2, 0) is 9.47 Å². The van der Waals surface area contributed by atoms with E-state index in [1.54, 1.807) is 0 Å². The summed E-state index contributed by atoms with van der Waals surface area (Å²) in [4.78, 5) is 9.45. The van der Waals surface area contributed by atoms with Gasteiger partial charge in [0.15, 0.2) is 0 Å². The molecule has 0 saturated heterocycles. The van der Waals surface area contributed by atoms with Crippen LogP contribution in [0.15, 0.2) is 46.4 Å². The van der Waals surface area contributed by atoms with E-state index in [2.05, 4.69) is 64.1 Å². The molecule has 0 spiro atoms. The molecule has 26 heavy (non-hydrogen) atoms. The Labute approximate surface area is 154 Å². The van der Waals surface area contributed by atoms with Crippen LogP contribution in [0.2, 0.25) is 0 Å². The fourth-order valence-electron chi connectivity index (χ4n) is 3.29. The molecule has 0 fully saturated rings. The summed E-state index contributed by atoms with van der Waals surface area (Å²) in [5.74, 6) is 2.52. The van der Waals surface area contributed by atoms with Crippen molar-refractivity contribution in [3.63, 3.8) is 0 Å². The van der Waals surface area contributed by atoms with Crippen molar-refractivity contribution in [1.29, 1.82) is 0 Å². The van der Waals surface area contributed by atoms with Crippen LogP contribution in [-0.4, -0.2) is 37.1 Å². The Kier molecular flexibility index (Phi) is 4.43. The number of aliphatic imine (C=N–C) groups is 2. The summed E-state index contributed by atoms with van der Waals surface area (Å²) in [5, 5.41) is 2.34. The van der Waals surface area contributed by atoms with Crippen LogP contribution in [0.1, 0.15) is 38.8 Å². The summed E-state index contributed by atoms with van der Waals surface area (Å²) < 4.78 is 11.6. The van der Waals surface area contributed by atoms with Gasteiger partial charge in [0.05, 0.1) is 12.1 Å². The molecule has 0 bridgehead atoms. The van der Waals surface area contributed by atoms with Crippen molar-refractivity contribution in [1.82, 2.24) is 0 Å². The summed E-state index contributed by atoms with van der Waals surface area (Å²) in [7, 11) is 0. The first-order chi connectivity index (χ1) is 12.5. The predicted molar refractivity (Wildman–Crippen MR) is 106 cm³/mol. The molecule has 2 unspecified atom stereocenters. The van der Waals surface area contributed by atoms with Gasteiger partial charge >= 0.3 is 0 Å². The Balaban J connectivity index is 1.61. The van der Waals surface area contributed by atoms with Gasteiger partial charge in [-0.05, 0) is 46.9 Å². The summed E-state index contributed by atoms with van der Waals surface area (Å²) >= 11 is 0. The van der Waals surface area contributed by atoms with Crippen LogP contribution in [0.5, 0.6) is 0 Å². The van der Waals surface area contributed by atoms with Crippen molar-refractivity contribution in [2.45, 2.75) is 39.8 Å². The summed E-state index contributed by atoms with van der Waals surface area (Å²) in [6, 6.07) is 13.2. The molecule has 136 valence electrons. The van der Waals surface area contributed by atoms with Crippen molar-refractivity contribution in [3.05, 3.63) is 47.5 Å². The van der Waals surface area contributed by atoms with E-state index in [1.807, 2.05) is 0 Å². The van der Waals surface area contributed by atoms with E-state index in [0.29, 0.717) is 25.0 Å². The van der Waals surface area contributed by atoms with E-state index in [-0.39, 0.29) is 12.1 Å². The number of fused-ring (bicyclic) bond motifs is 1. The molecule has 2 aromatic rings. The lowest BCUT2D eigenvalue weighted by atomic mass is 10.0. The maximum absolute atomic E-state index is 5.81. The third-order valence-electron chi connectivity index (χ3n) is 5.22. The maximum Gasteiger partial charge on any atom is 0.216 e.